The van der Waals surface area contributed by atoms with Gasteiger partial charge in [0.25, 0.3) is 5.91 Å². The molecule has 2 aromatic heterocycles. The second-order valence-electron chi connectivity index (χ2n) is 4.81. The predicted octanol–water partition coefficient (Wildman–Crippen LogP) is 2.26. The highest BCUT2D eigenvalue weighted by molar-refractivity contribution is 9.10. The molecule has 1 fully saturated rings. The number of rotatable bonds is 4. The zero-order chi connectivity index (χ0) is 13.9. The van der Waals surface area contributed by atoms with E-state index in [4.69, 9.17) is 4.74 Å². The van der Waals surface area contributed by atoms with Gasteiger partial charge in [-0.2, -0.15) is 5.10 Å². The Morgan fingerprint density at radius 3 is 3.25 bits per heavy atom. The molecule has 1 saturated heterocycles. The molecule has 0 bridgehead atoms. The summed E-state index contributed by atoms with van der Waals surface area (Å²) in [7, 11) is 0. The zero-order valence-corrected chi connectivity index (χ0v) is 12.4. The number of ether oxygens (including phenoxy) is 1. The highest BCUT2D eigenvalue weighted by Gasteiger charge is 2.18. The Balaban J connectivity index is 1.68. The van der Waals surface area contributed by atoms with Crippen LogP contribution in [-0.2, 0) is 11.3 Å². The highest BCUT2D eigenvalue weighted by Crippen LogP contribution is 2.18. The van der Waals surface area contributed by atoms with E-state index in [0.29, 0.717) is 17.4 Å². The van der Waals surface area contributed by atoms with Crippen molar-refractivity contribution in [2.45, 2.75) is 13.0 Å². The Morgan fingerprint density at radius 1 is 1.65 bits per heavy atom. The van der Waals surface area contributed by atoms with Crippen molar-refractivity contribution in [3.8, 4) is 0 Å². The van der Waals surface area contributed by atoms with Crippen LogP contribution in [0, 0.1) is 5.92 Å². The molecule has 0 radical (unpaired) electrons. The van der Waals surface area contributed by atoms with Crippen LogP contribution in [0.25, 0.3) is 0 Å². The number of halogens is 1. The molecule has 2 N–H and O–H groups in total. The molecule has 1 aliphatic heterocycles. The van der Waals surface area contributed by atoms with E-state index in [1.807, 2.05) is 4.68 Å². The molecule has 1 unspecified atom stereocenters. The minimum Gasteiger partial charge on any atom is -0.381 e. The van der Waals surface area contributed by atoms with E-state index in [1.165, 1.54) is 0 Å². The average molecular weight is 339 g/mol. The highest BCUT2D eigenvalue weighted by atomic mass is 79.9. The van der Waals surface area contributed by atoms with Gasteiger partial charge in [0.2, 0.25) is 0 Å². The topological polar surface area (TPSA) is 71.9 Å². The summed E-state index contributed by atoms with van der Waals surface area (Å²) in [5.41, 5.74) is 0.508. The number of amides is 1. The smallest absolute Gasteiger partial charge is 0.273 e. The number of hydrogen-bond donors (Lipinski definition) is 2. The summed E-state index contributed by atoms with van der Waals surface area (Å²) in [4.78, 5) is 15.0. The van der Waals surface area contributed by atoms with Gasteiger partial charge in [0.1, 0.15) is 11.5 Å². The summed E-state index contributed by atoms with van der Waals surface area (Å²) in [6.45, 7) is 2.33. The number of H-pyrrole nitrogens is 1. The van der Waals surface area contributed by atoms with Crippen molar-refractivity contribution in [3.63, 3.8) is 0 Å². The maximum atomic E-state index is 12.1. The standard InChI is InChI=1S/C13H15BrN4O2/c14-10-5-11(15-6-10)13(19)17-12-1-3-16-18(12)7-9-2-4-20-8-9/h1,3,5-6,9,15H,2,4,7-8H2,(H,17,19). The third kappa shape index (κ3) is 2.94. The van der Waals surface area contributed by atoms with Gasteiger partial charge in [-0.05, 0) is 28.4 Å². The number of hydrogen-bond acceptors (Lipinski definition) is 3. The van der Waals surface area contributed by atoms with Gasteiger partial charge in [-0.25, -0.2) is 4.68 Å². The van der Waals surface area contributed by atoms with Gasteiger partial charge in [-0.15, -0.1) is 0 Å². The van der Waals surface area contributed by atoms with Crippen LogP contribution in [0.4, 0.5) is 5.82 Å². The summed E-state index contributed by atoms with van der Waals surface area (Å²) in [6.07, 6.45) is 4.45. The second-order valence-corrected chi connectivity index (χ2v) is 5.73. The van der Waals surface area contributed by atoms with Crippen molar-refractivity contribution in [3.05, 3.63) is 34.7 Å². The van der Waals surface area contributed by atoms with Crippen molar-refractivity contribution in [2.24, 2.45) is 5.92 Å². The van der Waals surface area contributed by atoms with E-state index in [-0.39, 0.29) is 5.91 Å². The van der Waals surface area contributed by atoms with Gasteiger partial charge < -0.3 is 15.0 Å². The van der Waals surface area contributed by atoms with Gasteiger partial charge in [-0.3, -0.25) is 4.79 Å². The molecular weight excluding hydrogens is 324 g/mol. The number of nitrogens with one attached hydrogen (secondary N) is 2. The summed E-state index contributed by atoms with van der Waals surface area (Å²) in [5.74, 6) is 0.984. The predicted molar refractivity (Wildman–Crippen MR) is 77.6 cm³/mol. The van der Waals surface area contributed by atoms with Crippen LogP contribution in [0.3, 0.4) is 0 Å². The van der Waals surface area contributed by atoms with E-state index in [1.54, 1.807) is 24.5 Å². The van der Waals surface area contributed by atoms with Gasteiger partial charge in [0.15, 0.2) is 0 Å². The summed E-state index contributed by atoms with van der Waals surface area (Å²) < 4.78 is 8.02. The first-order valence-electron chi connectivity index (χ1n) is 6.47. The molecule has 3 rings (SSSR count). The summed E-state index contributed by atoms with van der Waals surface area (Å²) in [6, 6.07) is 3.53. The van der Waals surface area contributed by atoms with Crippen molar-refractivity contribution in [2.75, 3.05) is 18.5 Å². The molecular formula is C13H15BrN4O2. The first-order valence-corrected chi connectivity index (χ1v) is 7.26. The lowest BCUT2D eigenvalue weighted by Crippen LogP contribution is -2.19. The molecule has 0 aliphatic carbocycles. The van der Waals surface area contributed by atoms with E-state index < -0.39 is 0 Å². The van der Waals surface area contributed by atoms with Gasteiger partial charge >= 0.3 is 0 Å². The molecule has 0 aromatic carbocycles. The fourth-order valence-corrected chi connectivity index (χ4v) is 2.58. The van der Waals surface area contributed by atoms with E-state index in [9.17, 15) is 4.79 Å². The Morgan fingerprint density at radius 2 is 2.55 bits per heavy atom. The SMILES string of the molecule is O=C(Nc1ccnn1CC1CCOC1)c1cc(Br)c[nH]1. The first kappa shape index (κ1) is 13.4. The molecule has 3 heterocycles. The largest absolute Gasteiger partial charge is 0.381 e. The van der Waals surface area contributed by atoms with Crippen LogP contribution in [0.15, 0.2) is 29.0 Å². The number of aromatic nitrogens is 3. The van der Waals surface area contributed by atoms with Crippen LogP contribution in [0.2, 0.25) is 0 Å². The van der Waals surface area contributed by atoms with Crippen molar-refractivity contribution < 1.29 is 9.53 Å². The Bertz CT molecular complexity index is 601. The Hall–Kier alpha value is -1.60. The summed E-state index contributed by atoms with van der Waals surface area (Å²) in [5, 5.41) is 7.12. The molecule has 20 heavy (non-hydrogen) atoms. The first-order chi connectivity index (χ1) is 9.72. The number of nitrogens with zero attached hydrogens (tertiary/aromatic N) is 2. The van der Waals surface area contributed by atoms with Crippen LogP contribution < -0.4 is 5.32 Å². The van der Waals surface area contributed by atoms with Gasteiger partial charge in [0, 0.05) is 35.8 Å². The zero-order valence-electron chi connectivity index (χ0n) is 10.8. The summed E-state index contributed by atoms with van der Waals surface area (Å²) >= 11 is 3.31. The maximum Gasteiger partial charge on any atom is 0.273 e. The normalized spacial score (nSPS) is 18.4. The monoisotopic (exact) mass is 338 g/mol. The van der Waals surface area contributed by atoms with Crippen LogP contribution in [0.1, 0.15) is 16.9 Å². The molecule has 0 spiro atoms. The lowest BCUT2D eigenvalue weighted by Gasteiger charge is -2.11. The minimum absolute atomic E-state index is 0.180. The molecule has 2 aromatic rings. The number of aromatic amines is 1. The van der Waals surface area contributed by atoms with Crippen LogP contribution >= 0.6 is 15.9 Å². The molecule has 1 atom stereocenters. The quantitative estimate of drug-likeness (QED) is 0.898. The number of anilines is 1. The van der Waals surface area contributed by atoms with Crippen LogP contribution in [0.5, 0.6) is 0 Å². The van der Waals surface area contributed by atoms with Crippen molar-refractivity contribution in [1.29, 1.82) is 0 Å². The van der Waals surface area contributed by atoms with Gasteiger partial charge in [0.05, 0.1) is 12.8 Å². The number of carbonyl (C=O) groups is 1. The van der Waals surface area contributed by atoms with Crippen molar-refractivity contribution >= 4 is 27.7 Å². The Kier molecular flexibility index (Phi) is 3.88. The van der Waals surface area contributed by atoms with E-state index in [2.05, 4.69) is 31.3 Å². The van der Waals surface area contributed by atoms with Crippen LogP contribution in [-0.4, -0.2) is 33.9 Å². The minimum atomic E-state index is -0.180. The molecule has 106 valence electrons. The average Bonchev–Trinajstić information content (AvgIpc) is 3.13. The molecule has 1 aliphatic rings. The fraction of sp³-hybridized carbons (Fsp3) is 0.385. The van der Waals surface area contributed by atoms with Crippen molar-refractivity contribution in [1.82, 2.24) is 14.8 Å². The molecule has 7 heteroatoms. The van der Waals surface area contributed by atoms with E-state index >= 15 is 0 Å². The number of carbonyl (C=O) groups excluding carboxylic acids is 1. The van der Waals surface area contributed by atoms with Gasteiger partial charge in [-0.1, -0.05) is 0 Å². The Labute approximate surface area is 124 Å². The fourth-order valence-electron chi connectivity index (χ4n) is 2.24. The molecule has 6 nitrogen and oxygen atoms in total. The lowest BCUT2D eigenvalue weighted by molar-refractivity contribution is 0.102. The third-order valence-electron chi connectivity index (χ3n) is 3.31. The maximum absolute atomic E-state index is 12.1. The third-order valence-corrected chi connectivity index (χ3v) is 3.76. The van der Waals surface area contributed by atoms with E-state index in [0.717, 1.165) is 30.7 Å². The lowest BCUT2D eigenvalue weighted by atomic mass is 10.1. The molecule has 0 saturated carbocycles. The molecule has 1 amide bonds. The second kappa shape index (κ2) is 5.80.